The van der Waals surface area contributed by atoms with E-state index in [0.29, 0.717) is 30.8 Å². The van der Waals surface area contributed by atoms with Crippen molar-refractivity contribution >= 4 is 11.8 Å². The van der Waals surface area contributed by atoms with Crippen LogP contribution in [-0.4, -0.2) is 24.8 Å². The second-order valence-electron chi connectivity index (χ2n) is 4.57. The van der Waals surface area contributed by atoms with E-state index in [0.717, 1.165) is 0 Å². The zero-order valence-corrected chi connectivity index (χ0v) is 10.2. The number of carbonyl (C=O) groups excluding carboxylic acids is 1. The third kappa shape index (κ3) is 2.15. The van der Waals surface area contributed by atoms with Gasteiger partial charge >= 0.3 is 6.09 Å². The Morgan fingerprint density at radius 3 is 2.94 bits per heavy atom. The van der Waals surface area contributed by atoms with Crippen LogP contribution in [0.1, 0.15) is 18.9 Å². The number of nitriles is 1. The van der Waals surface area contributed by atoms with Crippen LogP contribution in [-0.2, 0) is 4.74 Å². The SMILES string of the molecule is CC1(CCN)CN(c2ccccc2C#N)C(=O)O1. The topological polar surface area (TPSA) is 79.4 Å². The molecule has 1 saturated heterocycles. The van der Waals surface area contributed by atoms with Crippen LogP contribution in [0.4, 0.5) is 10.5 Å². The van der Waals surface area contributed by atoms with Gasteiger partial charge in [-0.25, -0.2) is 4.79 Å². The minimum absolute atomic E-state index is 0.418. The van der Waals surface area contributed by atoms with Crippen LogP contribution in [0.2, 0.25) is 0 Å². The van der Waals surface area contributed by atoms with E-state index in [4.69, 9.17) is 15.7 Å². The molecule has 1 amide bonds. The lowest BCUT2D eigenvalue weighted by molar-refractivity contribution is 0.0672. The molecule has 5 heteroatoms. The molecule has 0 aliphatic carbocycles. The molecule has 1 aromatic rings. The van der Waals surface area contributed by atoms with Gasteiger partial charge in [0.25, 0.3) is 0 Å². The zero-order valence-electron chi connectivity index (χ0n) is 10.2. The number of nitrogens with zero attached hydrogens (tertiary/aromatic N) is 2. The molecular formula is C13H15N3O2. The lowest BCUT2D eigenvalue weighted by atomic mass is 10.0. The Morgan fingerprint density at radius 2 is 2.28 bits per heavy atom. The van der Waals surface area contributed by atoms with Gasteiger partial charge in [0.2, 0.25) is 0 Å². The normalized spacial score (nSPS) is 22.7. The predicted molar refractivity (Wildman–Crippen MR) is 67.1 cm³/mol. The maximum atomic E-state index is 11.9. The molecular weight excluding hydrogens is 230 g/mol. The third-order valence-electron chi connectivity index (χ3n) is 3.04. The van der Waals surface area contributed by atoms with Crippen molar-refractivity contribution in [1.82, 2.24) is 0 Å². The van der Waals surface area contributed by atoms with E-state index in [1.165, 1.54) is 4.90 Å². The number of carbonyl (C=O) groups is 1. The quantitative estimate of drug-likeness (QED) is 0.877. The monoisotopic (exact) mass is 245 g/mol. The number of rotatable bonds is 3. The Morgan fingerprint density at radius 1 is 1.56 bits per heavy atom. The van der Waals surface area contributed by atoms with Crippen LogP contribution in [0.15, 0.2) is 24.3 Å². The van der Waals surface area contributed by atoms with E-state index in [9.17, 15) is 4.79 Å². The Kier molecular flexibility index (Phi) is 3.21. The largest absolute Gasteiger partial charge is 0.441 e. The molecule has 0 aromatic heterocycles. The minimum atomic E-state index is -0.575. The molecule has 2 N–H and O–H groups in total. The molecule has 0 bridgehead atoms. The second-order valence-corrected chi connectivity index (χ2v) is 4.57. The molecule has 1 aliphatic rings. The number of cyclic esters (lactones) is 1. The van der Waals surface area contributed by atoms with Crippen LogP contribution in [0.25, 0.3) is 0 Å². The van der Waals surface area contributed by atoms with Crippen molar-refractivity contribution in [2.75, 3.05) is 18.0 Å². The summed E-state index contributed by atoms with van der Waals surface area (Å²) in [6, 6.07) is 9.06. The number of amides is 1. The number of hydrogen-bond donors (Lipinski definition) is 1. The summed E-state index contributed by atoms with van der Waals surface area (Å²) in [6.07, 6.45) is 0.179. The molecule has 1 aliphatic heterocycles. The maximum absolute atomic E-state index is 11.9. The molecule has 0 spiro atoms. The summed E-state index contributed by atoms with van der Waals surface area (Å²) in [5.74, 6) is 0. The van der Waals surface area contributed by atoms with Gasteiger partial charge in [-0.2, -0.15) is 5.26 Å². The molecule has 1 heterocycles. The van der Waals surface area contributed by atoms with E-state index < -0.39 is 11.7 Å². The average Bonchev–Trinajstić information content (AvgIpc) is 2.65. The minimum Gasteiger partial charge on any atom is -0.441 e. The highest BCUT2D eigenvalue weighted by Gasteiger charge is 2.42. The van der Waals surface area contributed by atoms with Crippen LogP contribution in [0.5, 0.6) is 0 Å². The molecule has 0 radical (unpaired) electrons. The lowest BCUT2D eigenvalue weighted by Crippen LogP contribution is -2.33. The molecule has 0 saturated carbocycles. The predicted octanol–water partition coefficient (Wildman–Crippen LogP) is 1.62. The smallest absolute Gasteiger partial charge is 0.415 e. The van der Waals surface area contributed by atoms with Gasteiger partial charge in [-0.15, -0.1) is 0 Å². The van der Waals surface area contributed by atoms with Gasteiger partial charge in [0.1, 0.15) is 11.7 Å². The fourth-order valence-electron chi connectivity index (χ4n) is 2.12. The van der Waals surface area contributed by atoms with E-state index in [-0.39, 0.29) is 0 Å². The summed E-state index contributed by atoms with van der Waals surface area (Å²) < 4.78 is 5.35. The van der Waals surface area contributed by atoms with E-state index in [2.05, 4.69) is 6.07 Å². The highest BCUT2D eigenvalue weighted by molar-refractivity contribution is 5.91. The molecule has 18 heavy (non-hydrogen) atoms. The summed E-state index contributed by atoms with van der Waals surface area (Å²) in [5, 5.41) is 9.05. The van der Waals surface area contributed by atoms with Gasteiger partial charge in [-0.1, -0.05) is 12.1 Å². The van der Waals surface area contributed by atoms with Gasteiger partial charge < -0.3 is 10.5 Å². The highest BCUT2D eigenvalue weighted by Crippen LogP contribution is 2.31. The standard InChI is InChI=1S/C13H15N3O2/c1-13(6-7-14)9-16(12(17)18-13)11-5-3-2-4-10(11)8-15/h2-5H,6-7,9,14H2,1H3. The third-order valence-corrected chi connectivity index (χ3v) is 3.04. The van der Waals surface area contributed by atoms with Crippen molar-refractivity contribution in [1.29, 1.82) is 5.26 Å². The second kappa shape index (κ2) is 4.67. The number of anilines is 1. The van der Waals surface area contributed by atoms with Gasteiger partial charge in [0, 0.05) is 6.42 Å². The Bertz CT molecular complexity index is 509. The number of benzene rings is 1. The number of para-hydroxylation sites is 1. The van der Waals surface area contributed by atoms with Crippen molar-refractivity contribution in [3.8, 4) is 6.07 Å². The molecule has 1 unspecified atom stereocenters. The summed E-state index contributed by atoms with van der Waals surface area (Å²) in [4.78, 5) is 13.4. The molecule has 5 nitrogen and oxygen atoms in total. The average molecular weight is 245 g/mol. The molecule has 2 rings (SSSR count). The lowest BCUT2D eigenvalue weighted by Gasteiger charge is -2.20. The number of nitrogens with two attached hydrogens (primary N) is 1. The number of hydrogen-bond acceptors (Lipinski definition) is 4. The summed E-state index contributed by atoms with van der Waals surface area (Å²) in [6.45, 7) is 2.73. The highest BCUT2D eigenvalue weighted by atomic mass is 16.6. The number of ether oxygens (including phenoxy) is 1. The van der Waals surface area contributed by atoms with Crippen LogP contribution in [0, 0.1) is 11.3 Å². The zero-order chi connectivity index (χ0) is 13.2. The van der Waals surface area contributed by atoms with Crippen molar-refractivity contribution in [3.63, 3.8) is 0 Å². The first-order valence-electron chi connectivity index (χ1n) is 5.79. The fourth-order valence-corrected chi connectivity index (χ4v) is 2.12. The van der Waals surface area contributed by atoms with Crippen molar-refractivity contribution < 1.29 is 9.53 Å². The first-order chi connectivity index (χ1) is 8.59. The van der Waals surface area contributed by atoms with E-state index in [1.54, 1.807) is 24.3 Å². The Hall–Kier alpha value is -2.06. The first kappa shape index (κ1) is 12.4. The van der Waals surface area contributed by atoms with Gasteiger partial charge in [0.15, 0.2) is 0 Å². The summed E-state index contributed by atoms with van der Waals surface area (Å²) in [5.41, 5.74) is 5.99. The molecule has 94 valence electrons. The van der Waals surface area contributed by atoms with Crippen molar-refractivity contribution in [2.45, 2.75) is 18.9 Å². The van der Waals surface area contributed by atoms with Gasteiger partial charge in [-0.3, -0.25) is 4.90 Å². The summed E-state index contributed by atoms with van der Waals surface area (Å²) in [7, 11) is 0. The summed E-state index contributed by atoms with van der Waals surface area (Å²) >= 11 is 0. The molecule has 1 atom stereocenters. The van der Waals surface area contributed by atoms with E-state index in [1.807, 2.05) is 6.92 Å². The molecule has 1 fully saturated rings. The van der Waals surface area contributed by atoms with Crippen molar-refractivity contribution in [2.24, 2.45) is 5.73 Å². The molecule has 1 aromatic carbocycles. The van der Waals surface area contributed by atoms with Gasteiger partial charge in [0.05, 0.1) is 17.8 Å². The van der Waals surface area contributed by atoms with Gasteiger partial charge in [-0.05, 0) is 25.6 Å². The van der Waals surface area contributed by atoms with Crippen LogP contribution in [0.3, 0.4) is 0 Å². The maximum Gasteiger partial charge on any atom is 0.415 e. The van der Waals surface area contributed by atoms with Crippen LogP contribution >= 0.6 is 0 Å². The first-order valence-corrected chi connectivity index (χ1v) is 5.79. The Balaban J connectivity index is 2.30. The fraction of sp³-hybridized carbons (Fsp3) is 0.385. The van der Waals surface area contributed by atoms with E-state index >= 15 is 0 Å². The van der Waals surface area contributed by atoms with Crippen LogP contribution < -0.4 is 10.6 Å². The Labute approximate surface area is 106 Å². The van der Waals surface area contributed by atoms with Crippen molar-refractivity contribution in [3.05, 3.63) is 29.8 Å².